The van der Waals surface area contributed by atoms with Crippen molar-refractivity contribution in [3.8, 4) is 0 Å². The molecule has 0 saturated heterocycles. The molecule has 1 amide bonds. The summed E-state index contributed by atoms with van der Waals surface area (Å²) < 4.78 is 15.9. The van der Waals surface area contributed by atoms with Crippen LogP contribution in [-0.2, 0) is 14.3 Å². The summed E-state index contributed by atoms with van der Waals surface area (Å²) in [7, 11) is 0. The van der Waals surface area contributed by atoms with Gasteiger partial charge in [0.2, 0.25) is 11.8 Å². The fourth-order valence-corrected chi connectivity index (χ4v) is 6.10. The molecular formula is C22H29NO6. The number of hydrogen-bond donors (Lipinski definition) is 1. The van der Waals surface area contributed by atoms with E-state index in [1.807, 2.05) is 0 Å². The number of hydrogen-bond acceptors (Lipinski definition) is 6. The van der Waals surface area contributed by atoms with E-state index < -0.39 is 17.4 Å². The van der Waals surface area contributed by atoms with Gasteiger partial charge in [-0.2, -0.15) is 0 Å². The zero-order chi connectivity index (χ0) is 20.8. The summed E-state index contributed by atoms with van der Waals surface area (Å²) in [6.45, 7) is 5.26. The first kappa shape index (κ1) is 20.0. The highest BCUT2D eigenvalue weighted by molar-refractivity contribution is 6.09. The Hall–Kier alpha value is -2.31. The van der Waals surface area contributed by atoms with Crippen molar-refractivity contribution >= 4 is 23.7 Å². The highest BCUT2D eigenvalue weighted by atomic mass is 16.5. The summed E-state index contributed by atoms with van der Waals surface area (Å²) in [6.07, 6.45) is 6.37. The van der Waals surface area contributed by atoms with E-state index in [-0.39, 0.29) is 41.9 Å². The van der Waals surface area contributed by atoms with Crippen LogP contribution in [0.5, 0.6) is 0 Å². The molecule has 1 N–H and O–H groups in total. The van der Waals surface area contributed by atoms with Crippen LogP contribution in [0.2, 0.25) is 0 Å². The Morgan fingerprint density at radius 1 is 0.931 bits per heavy atom. The van der Waals surface area contributed by atoms with E-state index in [4.69, 9.17) is 13.9 Å². The van der Waals surface area contributed by atoms with Crippen LogP contribution >= 0.6 is 0 Å². The van der Waals surface area contributed by atoms with Crippen LogP contribution in [-0.4, -0.2) is 31.1 Å². The van der Waals surface area contributed by atoms with Gasteiger partial charge in [0.25, 0.3) is 0 Å². The SMILES string of the molecule is CCOC(=O)c1c(C)oc(NC(=O)C23CC4CC(CC(C4)C2)C3)c1C(=O)OCC. The van der Waals surface area contributed by atoms with Gasteiger partial charge < -0.3 is 13.9 Å². The molecule has 1 heterocycles. The van der Waals surface area contributed by atoms with Gasteiger partial charge in [0.1, 0.15) is 16.9 Å². The van der Waals surface area contributed by atoms with Crippen LogP contribution in [0.3, 0.4) is 0 Å². The van der Waals surface area contributed by atoms with E-state index in [1.54, 1.807) is 20.8 Å². The van der Waals surface area contributed by atoms with Crippen LogP contribution < -0.4 is 5.32 Å². The van der Waals surface area contributed by atoms with Crippen molar-refractivity contribution in [3.05, 3.63) is 16.9 Å². The van der Waals surface area contributed by atoms with Crippen LogP contribution in [0.25, 0.3) is 0 Å². The van der Waals surface area contributed by atoms with Gasteiger partial charge in [0, 0.05) is 0 Å². The van der Waals surface area contributed by atoms with E-state index in [9.17, 15) is 14.4 Å². The molecule has 4 aliphatic carbocycles. The highest BCUT2D eigenvalue weighted by Crippen LogP contribution is 2.60. The number of anilines is 1. The minimum Gasteiger partial charge on any atom is -0.462 e. The Morgan fingerprint density at radius 2 is 1.41 bits per heavy atom. The second-order valence-corrected chi connectivity index (χ2v) is 8.83. The Kier molecular flexibility index (Phi) is 5.17. The largest absolute Gasteiger partial charge is 0.462 e. The quantitative estimate of drug-likeness (QED) is 0.719. The molecule has 4 bridgehead atoms. The number of carbonyl (C=O) groups is 3. The molecule has 0 atom stereocenters. The summed E-state index contributed by atoms with van der Waals surface area (Å²) in [5.41, 5.74) is -0.433. The topological polar surface area (TPSA) is 94.8 Å². The number of esters is 2. The summed E-state index contributed by atoms with van der Waals surface area (Å²) in [5, 5.41) is 2.85. The third-order valence-corrected chi connectivity index (χ3v) is 6.79. The lowest BCUT2D eigenvalue weighted by molar-refractivity contribution is -0.140. The Bertz CT molecular complexity index is 803. The van der Waals surface area contributed by atoms with Crippen molar-refractivity contribution in [1.29, 1.82) is 0 Å². The lowest BCUT2D eigenvalue weighted by Gasteiger charge is -2.55. The highest BCUT2D eigenvalue weighted by Gasteiger charge is 2.55. The Labute approximate surface area is 170 Å². The molecular weight excluding hydrogens is 374 g/mol. The summed E-state index contributed by atoms with van der Waals surface area (Å²) in [4.78, 5) is 38.4. The first-order valence-electron chi connectivity index (χ1n) is 10.7. The Balaban J connectivity index is 1.64. The van der Waals surface area contributed by atoms with Gasteiger partial charge in [-0.15, -0.1) is 0 Å². The molecule has 7 heteroatoms. The number of rotatable bonds is 6. The minimum absolute atomic E-state index is 0.00949. The smallest absolute Gasteiger partial charge is 0.344 e. The molecule has 4 fully saturated rings. The molecule has 7 nitrogen and oxygen atoms in total. The third-order valence-electron chi connectivity index (χ3n) is 6.79. The summed E-state index contributed by atoms with van der Waals surface area (Å²) in [6, 6.07) is 0. The van der Waals surface area contributed by atoms with Crippen molar-refractivity contribution in [3.63, 3.8) is 0 Å². The number of aryl methyl sites for hydroxylation is 1. The van der Waals surface area contributed by atoms with Crippen molar-refractivity contribution in [2.45, 2.75) is 59.3 Å². The van der Waals surface area contributed by atoms with Gasteiger partial charge in [-0.25, -0.2) is 9.59 Å². The fourth-order valence-electron chi connectivity index (χ4n) is 6.10. The van der Waals surface area contributed by atoms with E-state index in [1.165, 1.54) is 19.3 Å². The van der Waals surface area contributed by atoms with E-state index >= 15 is 0 Å². The van der Waals surface area contributed by atoms with Gasteiger partial charge in [0.15, 0.2) is 0 Å². The maximum Gasteiger partial charge on any atom is 0.344 e. The van der Waals surface area contributed by atoms with Crippen molar-refractivity contribution < 1.29 is 28.3 Å². The van der Waals surface area contributed by atoms with Crippen molar-refractivity contribution in [1.82, 2.24) is 0 Å². The molecule has 158 valence electrons. The van der Waals surface area contributed by atoms with E-state index in [2.05, 4.69) is 5.32 Å². The summed E-state index contributed by atoms with van der Waals surface area (Å²) >= 11 is 0. The van der Waals surface area contributed by atoms with E-state index in [0.717, 1.165) is 19.3 Å². The van der Waals surface area contributed by atoms with Crippen molar-refractivity contribution in [2.24, 2.45) is 23.2 Å². The van der Waals surface area contributed by atoms with Crippen molar-refractivity contribution in [2.75, 3.05) is 18.5 Å². The molecule has 1 aromatic heterocycles. The zero-order valence-corrected chi connectivity index (χ0v) is 17.3. The molecule has 4 aliphatic rings. The molecule has 0 radical (unpaired) electrons. The first-order valence-corrected chi connectivity index (χ1v) is 10.7. The van der Waals surface area contributed by atoms with Gasteiger partial charge in [-0.1, -0.05) is 0 Å². The number of ether oxygens (including phenoxy) is 2. The number of carbonyl (C=O) groups excluding carboxylic acids is 3. The molecule has 0 spiro atoms. The lowest BCUT2D eigenvalue weighted by atomic mass is 9.49. The number of amides is 1. The van der Waals surface area contributed by atoms with Gasteiger partial charge in [-0.05, 0) is 77.0 Å². The number of nitrogens with one attached hydrogen (secondary N) is 1. The number of furan rings is 1. The summed E-state index contributed by atoms with van der Waals surface area (Å²) in [5.74, 6) is 0.601. The molecule has 0 aliphatic heterocycles. The average molecular weight is 403 g/mol. The predicted molar refractivity (Wildman–Crippen MR) is 105 cm³/mol. The third kappa shape index (κ3) is 3.45. The monoisotopic (exact) mass is 403 g/mol. The van der Waals surface area contributed by atoms with Gasteiger partial charge in [0.05, 0.1) is 18.6 Å². The minimum atomic E-state index is -0.701. The second-order valence-electron chi connectivity index (χ2n) is 8.83. The predicted octanol–water partition coefficient (Wildman–Crippen LogP) is 4.10. The van der Waals surface area contributed by atoms with Crippen LogP contribution in [0.1, 0.15) is 78.8 Å². The molecule has 4 saturated carbocycles. The maximum absolute atomic E-state index is 13.4. The molecule has 1 aromatic rings. The van der Waals surface area contributed by atoms with E-state index in [0.29, 0.717) is 17.8 Å². The maximum atomic E-state index is 13.4. The average Bonchev–Trinajstić information content (AvgIpc) is 2.97. The Morgan fingerprint density at radius 3 is 1.90 bits per heavy atom. The molecule has 0 unspecified atom stereocenters. The molecule has 5 rings (SSSR count). The van der Waals surface area contributed by atoms with Gasteiger partial charge >= 0.3 is 11.9 Å². The fraction of sp³-hybridized carbons (Fsp3) is 0.682. The lowest BCUT2D eigenvalue weighted by Crippen LogP contribution is -2.51. The standard InChI is InChI=1S/C22H29NO6/c1-4-27-19(24)16-12(3)29-18(17(16)20(25)28-5-2)23-21(26)22-9-13-6-14(10-22)8-15(7-13)11-22/h13-15H,4-11H2,1-3H3,(H,23,26). The molecule has 0 aromatic carbocycles. The van der Waals surface area contributed by atoms with Crippen LogP contribution in [0, 0.1) is 30.1 Å². The normalized spacial score (nSPS) is 29.6. The van der Waals surface area contributed by atoms with Gasteiger partial charge in [-0.3, -0.25) is 10.1 Å². The second kappa shape index (κ2) is 7.50. The first-order chi connectivity index (χ1) is 13.9. The molecule has 29 heavy (non-hydrogen) atoms. The van der Waals surface area contributed by atoms with Crippen LogP contribution in [0.15, 0.2) is 4.42 Å². The van der Waals surface area contributed by atoms with Crippen LogP contribution in [0.4, 0.5) is 5.88 Å². The zero-order valence-electron chi connectivity index (χ0n) is 17.3.